The fourth-order valence-corrected chi connectivity index (χ4v) is 4.45. The van der Waals surface area contributed by atoms with E-state index in [-0.39, 0.29) is 6.61 Å². The third-order valence-electron chi connectivity index (χ3n) is 6.03. The summed E-state index contributed by atoms with van der Waals surface area (Å²) in [6, 6.07) is 9.28. The van der Waals surface area contributed by atoms with E-state index in [9.17, 15) is 5.11 Å². The van der Waals surface area contributed by atoms with Gasteiger partial charge in [-0.05, 0) is 45.5 Å². The number of aliphatic hydroxyl groups excluding tert-OH is 1. The van der Waals surface area contributed by atoms with Crippen molar-refractivity contribution in [3.8, 4) is 5.75 Å². The summed E-state index contributed by atoms with van der Waals surface area (Å²) >= 11 is 0. The smallest absolute Gasteiger partial charge is 0.126 e. The van der Waals surface area contributed by atoms with Crippen molar-refractivity contribution in [1.82, 2.24) is 14.7 Å². The lowest BCUT2D eigenvalue weighted by Crippen LogP contribution is -2.58. The van der Waals surface area contributed by atoms with Crippen molar-refractivity contribution in [3.05, 3.63) is 35.9 Å². The summed E-state index contributed by atoms with van der Waals surface area (Å²) in [6.45, 7) is 6.87. The molecule has 2 aliphatic rings. The van der Waals surface area contributed by atoms with Gasteiger partial charge in [-0.3, -0.25) is 9.80 Å². The third kappa shape index (κ3) is 5.55. The molecule has 5 heteroatoms. The molecule has 0 amide bonds. The first-order chi connectivity index (χ1) is 13.2. The highest BCUT2D eigenvalue weighted by atomic mass is 16.5. The van der Waals surface area contributed by atoms with E-state index in [4.69, 9.17) is 4.74 Å². The summed E-state index contributed by atoms with van der Waals surface area (Å²) < 4.78 is 5.42. The van der Waals surface area contributed by atoms with Crippen LogP contribution in [0.25, 0.3) is 6.08 Å². The number of ether oxygens (including phenoxy) is 1. The molecule has 5 nitrogen and oxygen atoms in total. The van der Waals surface area contributed by atoms with Gasteiger partial charge in [0.15, 0.2) is 0 Å². The molecule has 0 aliphatic carbocycles. The van der Waals surface area contributed by atoms with Gasteiger partial charge in [0.05, 0.1) is 7.11 Å². The Labute approximate surface area is 164 Å². The summed E-state index contributed by atoms with van der Waals surface area (Å²) in [5.41, 5.74) is 1.12. The molecule has 0 spiro atoms. The minimum atomic E-state index is 0.276. The number of benzene rings is 1. The van der Waals surface area contributed by atoms with Crippen LogP contribution in [0.2, 0.25) is 0 Å². The number of rotatable bonds is 7. The first-order valence-electron chi connectivity index (χ1n) is 10.3. The number of nitrogens with zero attached hydrogens (tertiary/aromatic N) is 3. The second-order valence-electron chi connectivity index (χ2n) is 7.84. The van der Waals surface area contributed by atoms with Crippen molar-refractivity contribution >= 4 is 6.08 Å². The molecule has 150 valence electrons. The average molecular weight is 374 g/mol. The van der Waals surface area contributed by atoms with Gasteiger partial charge in [0.1, 0.15) is 5.75 Å². The standard InChI is InChI=1S/C22H35N3O2/c1-23-13-9-20(10-14-23)25-16-15-24(18-21(25)11-17-26)12-5-7-19-6-3-4-8-22(19)27-2/h3-8,20-21,26H,9-18H2,1-2H3/b7-5+. The summed E-state index contributed by atoms with van der Waals surface area (Å²) in [6.07, 6.45) is 7.78. The third-order valence-corrected chi connectivity index (χ3v) is 6.03. The molecule has 3 rings (SSSR count). The average Bonchev–Trinajstić information content (AvgIpc) is 2.70. The number of hydrogen-bond donors (Lipinski definition) is 1. The van der Waals surface area contributed by atoms with Crippen molar-refractivity contribution in [3.63, 3.8) is 0 Å². The van der Waals surface area contributed by atoms with Crippen molar-refractivity contribution in [2.24, 2.45) is 0 Å². The molecule has 2 saturated heterocycles. The normalized spacial score (nSPS) is 23.9. The Morgan fingerprint density at radius 1 is 1.15 bits per heavy atom. The van der Waals surface area contributed by atoms with Crippen LogP contribution < -0.4 is 4.74 Å². The highest BCUT2D eigenvalue weighted by Crippen LogP contribution is 2.23. The van der Waals surface area contributed by atoms with Gasteiger partial charge in [-0.2, -0.15) is 0 Å². The van der Waals surface area contributed by atoms with Crippen LogP contribution in [-0.4, -0.2) is 91.9 Å². The van der Waals surface area contributed by atoms with Crippen molar-refractivity contribution in [2.45, 2.75) is 31.3 Å². The molecule has 1 atom stereocenters. The molecule has 0 radical (unpaired) electrons. The maximum absolute atomic E-state index is 9.56. The lowest BCUT2D eigenvalue weighted by Gasteiger charge is -2.47. The molecular formula is C22H35N3O2. The zero-order valence-electron chi connectivity index (χ0n) is 16.9. The summed E-state index contributed by atoms with van der Waals surface area (Å²) in [5, 5.41) is 9.56. The molecule has 1 aromatic carbocycles. The molecule has 2 fully saturated rings. The number of para-hydroxylation sites is 1. The van der Waals surface area contributed by atoms with Crippen molar-refractivity contribution in [1.29, 1.82) is 0 Å². The number of piperazine rings is 1. The fourth-order valence-electron chi connectivity index (χ4n) is 4.45. The van der Waals surface area contributed by atoms with Gasteiger partial charge in [-0.15, -0.1) is 0 Å². The van der Waals surface area contributed by atoms with E-state index in [1.807, 2.05) is 18.2 Å². The van der Waals surface area contributed by atoms with Crippen LogP contribution in [0.1, 0.15) is 24.8 Å². The Morgan fingerprint density at radius 2 is 1.93 bits per heavy atom. The summed E-state index contributed by atoms with van der Waals surface area (Å²) in [4.78, 5) is 7.62. The van der Waals surface area contributed by atoms with Gasteiger partial charge in [0.2, 0.25) is 0 Å². The van der Waals surface area contributed by atoms with Gasteiger partial charge in [-0.25, -0.2) is 0 Å². The summed E-state index contributed by atoms with van der Waals surface area (Å²) in [7, 11) is 3.93. The Hall–Kier alpha value is -1.40. The van der Waals surface area contributed by atoms with Crippen LogP contribution in [0.4, 0.5) is 0 Å². The zero-order chi connectivity index (χ0) is 19.1. The Kier molecular flexibility index (Phi) is 7.70. The van der Waals surface area contributed by atoms with Crippen molar-refractivity contribution in [2.75, 3.05) is 60.0 Å². The van der Waals surface area contributed by atoms with E-state index in [1.165, 1.54) is 25.9 Å². The number of likely N-dealkylation sites (tertiary alicyclic amines) is 1. The minimum absolute atomic E-state index is 0.276. The van der Waals surface area contributed by atoms with Crippen molar-refractivity contribution < 1.29 is 9.84 Å². The first-order valence-corrected chi connectivity index (χ1v) is 10.3. The second-order valence-corrected chi connectivity index (χ2v) is 7.84. The molecule has 27 heavy (non-hydrogen) atoms. The van der Waals surface area contributed by atoms with E-state index in [0.717, 1.165) is 43.9 Å². The predicted octanol–water partition coefficient (Wildman–Crippen LogP) is 2.17. The predicted molar refractivity (Wildman–Crippen MR) is 111 cm³/mol. The van der Waals surface area contributed by atoms with Gasteiger partial charge in [0, 0.05) is 50.4 Å². The highest BCUT2D eigenvalue weighted by molar-refractivity contribution is 5.57. The minimum Gasteiger partial charge on any atom is -0.496 e. The van der Waals surface area contributed by atoms with Crippen LogP contribution in [-0.2, 0) is 0 Å². The van der Waals surface area contributed by atoms with Gasteiger partial charge >= 0.3 is 0 Å². The Bertz CT molecular complexity index is 599. The molecule has 1 aromatic rings. The van der Waals surface area contributed by atoms with E-state index in [2.05, 4.69) is 40.0 Å². The van der Waals surface area contributed by atoms with E-state index in [0.29, 0.717) is 12.1 Å². The number of hydrogen-bond acceptors (Lipinski definition) is 5. The topological polar surface area (TPSA) is 39.2 Å². The van der Waals surface area contributed by atoms with Crippen LogP contribution >= 0.6 is 0 Å². The maximum atomic E-state index is 9.56. The number of aliphatic hydroxyl groups is 1. The maximum Gasteiger partial charge on any atom is 0.126 e. The SMILES string of the molecule is COc1ccccc1/C=C/CN1CCN(C2CCN(C)CC2)C(CCO)C1. The second kappa shape index (κ2) is 10.2. The van der Waals surface area contributed by atoms with Gasteiger partial charge in [0.25, 0.3) is 0 Å². The summed E-state index contributed by atoms with van der Waals surface area (Å²) in [5.74, 6) is 0.916. The zero-order valence-corrected chi connectivity index (χ0v) is 16.9. The largest absolute Gasteiger partial charge is 0.496 e. The van der Waals surface area contributed by atoms with E-state index >= 15 is 0 Å². The quantitative estimate of drug-likeness (QED) is 0.793. The van der Waals surface area contributed by atoms with E-state index < -0.39 is 0 Å². The Morgan fingerprint density at radius 3 is 2.67 bits per heavy atom. The molecule has 2 aliphatic heterocycles. The van der Waals surface area contributed by atoms with Gasteiger partial charge in [-0.1, -0.05) is 30.4 Å². The lowest BCUT2D eigenvalue weighted by molar-refractivity contribution is 0.0122. The molecule has 1 N–H and O–H groups in total. The first kappa shape index (κ1) is 20.3. The Balaban J connectivity index is 1.55. The van der Waals surface area contributed by atoms with Crippen LogP contribution in [0.15, 0.2) is 30.3 Å². The van der Waals surface area contributed by atoms with Crippen LogP contribution in [0.5, 0.6) is 5.75 Å². The highest BCUT2D eigenvalue weighted by Gasteiger charge is 2.32. The number of piperidine rings is 1. The van der Waals surface area contributed by atoms with Gasteiger partial charge < -0.3 is 14.7 Å². The molecule has 0 bridgehead atoms. The molecular weight excluding hydrogens is 338 g/mol. The lowest BCUT2D eigenvalue weighted by atomic mass is 9.98. The monoisotopic (exact) mass is 373 g/mol. The molecule has 2 heterocycles. The van der Waals surface area contributed by atoms with Crippen LogP contribution in [0.3, 0.4) is 0 Å². The molecule has 0 saturated carbocycles. The van der Waals surface area contributed by atoms with E-state index in [1.54, 1.807) is 7.11 Å². The number of methoxy groups -OCH3 is 1. The fraction of sp³-hybridized carbons (Fsp3) is 0.636. The molecule has 0 aromatic heterocycles. The van der Waals surface area contributed by atoms with Crippen LogP contribution in [0, 0.1) is 0 Å². The molecule has 1 unspecified atom stereocenters.